The maximum atomic E-state index is 12.3. The van der Waals surface area contributed by atoms with Crippen LogP contribution in [0.1, 0.15) is 33.1 Å². The van der Waals surface area contributed by atoms with Crippen molar-refractivity contribution in [3.05, 3.63) is 0 Å². The lowest BCUT2D eigenvalue weighted by Crippen LogP contribution is -2.44. The van der Waals surface area contributed by atoms with E-state index in [9.17, 15) is 13.2 Å². The summed E-state index contributed by atoms with van der Waals surface area (Å²) in [6, 6.07) is -0.0845. The molecule has 17 heavy (non-hydrogen) atoms. The topological polar surface area (TPSA) is 54.5 Å². The van der Waals surface area contributed by atoms with Gasteiger partial charge in [-0.05, 0) is 32.1 Å². The van der Waals surface area contributed by atoms with E-state index in [4.69, 9.17) is 0 Å². The van der Waals surface area contributed by atoms with Crippen molar-refractivity contribution >= 4 is 15.7 Å². The second-order valence-corrected chi connectivity index (χ2v) is 7.54. The summed E-state index contributed by atoms with van der Waals surface area (Å²) in [6.45, 7) is 4.53. The Morgan fingerprint density at radius 3 is 2.41 bits per heavy atom. The minimum Gasteiger partial charge on any atom is -0.339 e. The number of hydrogen-bond acceptors (Lipinski definition) is 3. The Hall–Kier alpha value is -0.580. The molecule has 2 rings (SSSR count). The van der Waals surface area contributed by atoms with Crippen LogP contribution in [0.2, 0.25) is 0 Å². The molecular formula is C12H21NO3S. The fourth-order valence-corrected chi connectivity index (χ4v) is 4.41. The Morgan fingerprint density at radius 2 is 2.00 bits per heavy atom. The lowest BCUT2D eigenvalue weighted by Gasteiger charge is -2.29. The van der Waals surface area contributed by atoms with Gasteiger partial charge in [-0.3, -0.25) is 4.79 Å². The van der Waals surface area contributed by atoms with E-state index in [0.29, 0.717) is 18.9 Å². The van der Waals surface area contributed by atoms with Gasteiger partial charge in [0.1, 0.15) is 0 Å². The molecule has 2 atom stereocenters. The highest BCUT2D eigenvalue weighted by Gasteiger charge is 2.39. The van der Waals surface area contributed by atoms with Crippen molar-refractivity contribution in [3.63, 3.8) is 0 Å². The summed E-state index contributed by atoms with van der Waals surface area (Å²) >= 11 is 0. The molecule has 1 aliphatic heterocycles. The van der Waals surface area contributed by atoms with Gasteiger partial charge in [0, 0.05) is 18.5 Å². The number of hydrogen-bond donors (Lipinski definition) is 0. The number of carbonyl (C=O) groups excluding carboxylic acids is 1. The first kappa shape index (κ1) is 12.9. The van der Waals surface area contributed by atoms with Gasteiger partial charge < -0.3 is 4.90 Å². The number of carbonyl (C=O) groups is 1. The maximum absolute atomic E-state index is 12.3. The van der Waals surface area contributed by atoms with Crippen LogP contribution in [-0.2, 0) is 14.6 Å². The zero-order valence-corrected chi connectivity index (χ0v) is 11.4. The number of rotatable bonds is 4. The molecule has 2 unspecified atom stereocenters. The van der Waals surface area contributed by atoms with Gasteiger partial charge >= 0.3 is 0 Å². The summed E-state index contributed by atoms with van der Waals surface area (Å²) in [4.78, 5) is 14.1. The van der Waals surface area contributed by atoms with E-state index in [1.54, 1.807) is 4.90 Å². The average Bonchev–Trinajstić information content (AvgIpc) is 3.04. The van der Waals surface area contributed by atoms with Gasteiger partial charge in [0.05, 0.1) is 11.5 Å². The molecule has 0 bridgehead atoms. The fourth-order valence-electron chi connectivity index (χ4n) is 2.67. The summed E-state index contributed by atoms with van der Waals surface area (Å²) < 4.78 is 22.9. The van der Waals surface area contributed by atoms with Crippen LogP contribution < -0.4 is 0 Å². The quantitative estimate of drug-likeness (QED) is 0.759. The molecule has 1 saturated heterocycles. The largest absolute Gasteiger partial charge is 0.339 e. The summed E-state index contributed by atoms with van der Waals surface area (Å²) in [5.41, 5.74) is 0. The molecule has 98 valence electrons. The van der Waals surface area contributed by atoms with Crippen molar-refractivity contribution in [1.82, 2.24) is 4.90 Å². The first-order chi connectivity index (χ1) is 7.94. The van der Waals surface area contributed by atoms with Gasteiger partial charge in [0.25, 0.3) is 0 Å². The zero-order chi connectivity index (χ0) is 12.6. The molecule has 1 heterocycles. The second-order valence-electron chi connectivity index (χ2n) is 5.31. The highest BCUT2D eigenvalue weighted by Crippen LogP contribution is 2.38. The van der Waals surface area contributed by atoms with Crippen LogP contribution >= 0.6 is 0 Å². The molecule has 1 amide bonds. The van der Waals surface area contributed by atoms with E-state index in [2.05, 4.69) is 0 Å². The van der Waals surface area contributed by atoms with Crippen molar-refractivity contribution in [2.24, 2.45) is 11.8 Å². The van der Waals surface area contributed by atoms with Crippen molar-refractivity contribution in [2.75, 3.05) is 18.1 Å². The number of amides is 1. The Bertz CT molecular complexity index is 400. The third-order valence-electron chi connectivity index (χ3n) is 3.99. The minimum atomic E-state index is -2.91. The predicted molar refractivity (Wildman–Crippen MR) is 66.3 cm³/mol. The predicted octanol–water partition coefficient (Wildman–Crippen LogP) is 1.07. The Labute approximate surface area is 103 Å². The molecule has 0 spiro atoms. The normalized spacial score (nSPS) is 28.9. The molecule has 0 aromatic heterocycles. The van der Waals surface area contributed by atoms with Gasteiger partial charge in [0.15, 0.2) is 9.84 Å². The maximum Gasteiger partial charge on any atom is 0.225 e. The molecule has 1 saturated carbocycles. The molecule has 0 aromatic carbocycles. The molecule has 2 aliphatic rings. The molecule has 0 N–H and O–H groups in total. The van der Waals surface area contributed by atoms with E-state index >= 15 is 0 Å². The number of nitrogens with zero attached hydrogens (tertiary/aromatic N) is 1. The van der Waals surface area contributed by atoms with Gasteiger partial charge in [-0.2, -0.15) is 0 Å². The van der Waals surface area contributed by atoms with E-state index in [0.717, 1.165) is 12.8 Å². The molecule has 2 fully saturated rings. The third kappa shape index (κ3) is 2.81. The first-order valence-corrected chi connectivity index (χ1v) is 8.27. The zero-order valence-electron chi connectivity index (χ0n) is 10.6. The van der Waals surface area contributed by atoms with Gasteiger partial charge in [-0.1, -0.05) is 6.92 Å². The van der Waals surface area contributed by atoms with E-state index in [-0.39, 0.29) is 29.4 Å². The summed E-state index contributed by atoms with van der Waals surface area (Å²) in [7, 11) is -2.91. The summed E-state index contributed by atoms with van der Waals surface area (Å²) in [6.07, 6.45) is 2.90. The monoisotopic (exact) mass is 259 g/mol. The first-order valence-electron chi connectivity index (χ1n) is 6.45. The van der Waals surface area contributed by atoms with Crippen LogP contribution in [0.3, 0.4) is 0 Å². The smallest absolute Gasteiger partial charge is 0.225 e. The van der Waals surface area contributed by atoms with Crippen molar-refractivity contribution < 1.29 is 13.2 Å². The third-order valence-corrected chi connectivity index (χ3v) is 5.74. The lowest BCUT2D eigenvalue weighted by atomic mass is 10.0. The Morgan fingerprint density at radius 1 is 1.35 bits per heavy atom. The van der Waals surface area contributed by atoms with Crippen molar-refractivity contribution in [1.29, 1.82) is 0 Å². The molecule has 4 nitrogen and oxygen atoms in total. The molecule has 5 heteroatoms. The van der Waals surface area contributed by atoms with Crippen LogP contribution in [0, 0.1) is 11.8 Å². The van der Waals surface area contributed by atoms with Crippen LogP contribution in [0.5, 0.6) is 0 Å². The van der Waals surface area contributed by atoms with Crippen molar-refractivity contribution in [2.45, 2.75) is 39.2 Å². The minimum absolute atomic E-state index is 0.0678. The van der Waals surface area contributed by atoms with Gasteiger partial charge in [-0.25, -0.2) is 8.42 Å². The van der Waals surface area contributed by atoms with E-state index in [1.165, 1.54) is 0 Å². The van der Waals surface area contributed by atoms with Crippen LogP contribution in [0.25, 0.3) is 0 Å². The Kier molecular flexibility index (Phi) is 3.48. The fraction of sp³-hybridized carbons (Fsp3) is 0.917. The highest BCUT2D eigenvalue weighted by atomic mass is 32.2. The Balaban J connectivity index is 2.03. The molecule has 0 radical (unpaired) electrons. The van der Waals surface area contributed by atoms with Gasteiger partial charge in [-0.15, -0.1) is 0 Å². The van der Waals surface area contributed by atoms with E-state index < -0.39 is 9.84 Å². The standard InChI is InChI=1S/C12H21NO3S/c1-3-13(11-6-7-17(15,16)8-11)12(14)9(2)10-4-5-10/h9-11H,3-8H2,1-2H3. The summed E-state index contributed by atoms with van der Waals surface area (Å²) in [5.74, 6) is 1.15. The second kappa shape index (κ2) is 4.59. The molecule has 1 aliphatic carbocycles. The highest BCUT2D eigenvalue weighted by molar-refractivity contribution is 7.91. The van der Waals surface area contributed by atoms with Crippen LogP contribution in [-0.4, -0.2) is 43.3 Å². The molecule has 0 aromatic rings. The van der Waals surface area contributed by atoms with Crippen LogP contribution in [0.4, 0.5) is 0 Å². The average molecular weight is 259 g/mol. The summed E-state index contributed by atoms with van der Waals surface area (Å²) in [5, 5.41) is 0. The van der Waals surface area contributed by atoms with Crippen molar-refractivity contribution in [3.8, 4) is 0 Å². The lowest BCUT2D eigenvalue weighted by molar-refractivity contribution is -0.137. The molecular weight excluding hydrogens is 238 g/mol. The van der Waals surface area contributed by atoms with Gasteiger partial charge in [0.2, 0.25) is 5.91 Å². The van der Waals surface area contributed by atoms with Crippen LogP contribution in [0.15, 0.2) is 0 Å². The SMILES string of the molecule is CCN(C(=O)C(C)C1CC1)C1CCS(=O)(=O)C1. The number of sulfone groups is 1. The van der Waals surface area contributed by atoms with E-state index in [1.807, 2.05) is 13.8 Å².